The third-order valence-corrected chi connectivity index (χ3v) is 4.34. The van der Waals surface area contributed by atoms with E-state index in [9.17, 15) is 9.59 Å². The highest BCUT2D eigenvalue weighted by Gasteiger charge is 2.37. The number of carbonyl (C=O) groups excluding carboxylic acids is 2. The molecule has 2 aromatic rings. The van der Waals surface area contributed by atoms with Gasteiger partial charge in [-0.1, -0.05) is 30.3 Å². The Kier molecular flexibility index (Phi) is 5.18. The number of hydrogen-bond acceptors (Lipinski definition) is 5. The summed E-state index contributed by atoms with van der Waals surface area (Å²) in [5, 5.41) is 9.09. The Balaban J connectivity index is 1.67. The van der Waals surface area contributed by atoms with Gasteiger partial charge in [-0.3, -0.25) is 9.59 Å². The van der Waals surface area contributed by atoms with Crippen LogP contribution in [0.3, 0.4) is 0 Å². The molecule has 0 radical (unpaired) electrons. The zero-order valence-electron chi connectivity index (χ0n) is 14.3. The minimum Gasteiger partial charge on any atom is -0.495 e. The molecule has 1 aliphatic rings. The van der Waals surface area contributed by atoms with Crippen LogP contribution in [0.2, 0.25) is 0 Å². The number of esters is 1. The fraction of sp³-hybridized carbons (Fsp3) is 0.250. The lowest BCUT2D eigenvalue weighted by Crippen LogP contribution is -2.26. The SMILES string of the molecule is COc1ccccc1N1CC(C(=O)OCc2ccccc2C#N)CC1=O. The third kappa shape index (κ3) is 3.52. The first-order valence-corrected chi connectivity index (χ1v) is 8.22. The standard InChI is InChI=1S/C20H18N2O4/c1-25-18-9-5-4-8-17(18)22-12-16(10-19(22)23)20(24)26-13-15-7-3-2-6-14(15)11-21/h2-9,16H,10,12-13H2,1H3. The number of amides is 1. The Morgan fingerprint density at radius 3 is 2.73 bits per heavy atom. The third-order valence-electron chi connectivity index (χ3n) is 4.34. The maximum absolute atomic E-state index is 12.4. The molecular formula is C20H18N2O4. The predicted molar refractivity (Wildman–Crippen MR) is 94.4 cm³/mol. The topological polar surface area (TPSA) is 79.6 Å². The average Bonchev–Trinajstić information content (AvgIpc) is 3.07. The van der Waals surface area contributed by atoms with Crippen molar-refractivity contribution in [2.45, 2.75) is 13.0 Å². The van der Waals surface area contributed by atoms with Crippen LogP contribution < -0.4 is 9.64 Å². The van der Waals surface area contributed by atoms with Crippen molar-refractivity contribution < 1.29 is 19.1 Å². The smallest absolute Gasteiger partial charge is 0.311 e. The summed E-state index contributed by atoms with van der Waals surface area (Å²) in [6.07, 6.45) is 0.0940. The predicted octanol–water partition coefficient (Wildman–Crippen LogP) is 2.66. The van der Waals surface area contributed by atoms with Gasteiger partial charge >= 0.3 is 5.97 Å². The van der Waals surface area contributed by atoms with E-state index in [4.69, 9.17) is 14.7 Å². The van der Waals surface area contributed by atoms with Crippen LogP contribution in [-0.2, 0) is 20.9 Å². The largest absolute Gasteiger partial charge is 0.495 e. The number of methoxy groups -OCH3 is 1. The number of hydrogen-bond donors (Lipinski definition) is 0. The van der Waals surface area contributed by atoms with E-state index in [1.807, 2.05) is 12.1 Å². The number of carbonyl (C=O) groups is 2. The molecule has 1 aliphatic heterocycles. The average molecular weight is 350 g/mol. The van der Waals surface area contributed by atoms with Crippen molar-refractivity contribution in [3.05, 3.63) is 59.7 Å². The van der Waals surface area contributed by atoms with Gasteiger partial charge < -0.3 is 14.4 Å². The van der Waals surface area contributed by atoms with Gasteiger partial charge in [0.25, 0.3) is 0 Å². The second-order valence-electron chi connectivity index (χ2n) is 5.95. The van der Waals surface area contributed by atoms with Crippen LogP contribution in [0.25, 0.3) is 0 Å². The number of benzene rings is 2. The van der Waals surface area contributed by atoms with Crippen LogP contribution in [0.1, 0.15) is 17.5 Å². The Morgan fingerprint density at radius 2 is 1.96 bits per heavy atom. The maximum atomic E-state index is 12.4. The monoisotopic (exact) mass is 350 g/mol. The molecule has 0 spiro atoms. The van der Waals surface area contributed by atoms with E-state index in [1.165, 1.54) is 7.11 Å². The van der Waals surface area contributed by atoms with Crippen molar-refractivity contribution in [3.63, 3.8) is 0 Å². The summed E-state index contributed by atoms with van der Waals surface area (Å²) in [5.74, 6) is -0.545. The zero-order chi connectivity index (χ0) is 18.5. The number of para-hydroxylation sites is 2. The van der Waals surface area contributed by atoms with Gasteiger partial charge in [-0.05, 0) is 18.2 Å². The molecule has 3 rings (SSSR count). The molecule has 0 aromatic heterocycles. The first kappa shape index (κ1) is 17.5. The van der Waals surface area contributed by atoms with E-state index >= 15 is 0 Å². The van der Waals surface area contributed by atoms with Crippen molar-refractivity contribution in [3.8, 4) is 11.8 Å². The van der Waals surface area contributed by atoms with Gasteiger partial charge in [-0.25, -0.2) is 0 Å². The Morgan fingerprint density at radius 1 is 1.23 bits per heavy atom. The quantitative estimate of drug-likeness (QED) is 0.775. The molecule has 1 atom stereocenters. The minimum atomic E-state index is -0.540. The summed E-state index contributed by atoms with van der Waals surface area (Å²) >= 11 is 0. The fourth-order valence-electron chi connectivity index (χ4n) is 2.97. The van der Waals surface area contributed by atoms with Crippen LogP contribution in [0.5, 0.6) is 5.75 Å². The molecular weight excluding hydrogens is 332 g/mol. The molecule has 1 unspecified atom stereocenters. The van der Waals surface area contributed by atoms with Gasteiger partial charge in [0, 0.05) is 18.5 Å². The highest BCUT2D eigenvalue weighted by Crippen LogP contribution is 2.33. The van der Waals surface area contributed by atoms with Crippen LogP contribution in [-0.4, -0.2) is 25.5 Å². The summed E-state index contributed by atoms with van der Waals surface area (Å²) in [7, 11) is 1.54. The fourth-order valence-corrected chi connectivity index (χ4v) is 2.97. The Hall–Kier alpha value is -3.33. The molecule has 0 bridgehead atoms. The summed E-state index contributed by atoms with van der Waals surface area (Å²) in [6, 6.07) is 16.2. The van der Waals surface area contributed by atoms with E-state index in [2.05, 4.69) is 6.07 Å². The lowest BCUT2D eigenvalue weighted by molar-refractivity contribution is -0.149. The zero-order valence-corrected chi connectivity index (χ0v) is 14.3. The second kappa shape index (κ2) is 7.70. The highest BCUT2D eigenvalue weighted by atomic mass is 16.5. The van der Waals surface area contributed by atoms with Gasteiger partial charge in [-0.2, -0.15) is 5.26 Å². The number of rotatable bonds is 5. The van der Waals surface area contributed by atoms with Crippen molar-refractivity contribution in [1.29, 1.82) is 5.26 Å². The molecule has 6 heteroatoms. The van der Waals surface area contributed by atoms with E-state index in [0.717, 1.165) is 0 Å². The van der Waals surface area contributed by atoms with E-state index in [1.54, 1.807) is 41.3 Å². The highest BCUT2D eigenvalue weighted by molar-refractivity contribution is 6.00. The Labute approximate surface area is 151 Å². The van der Waals surface area contributed by atoms with Crippen LogP contribution in [0, 0.1) is 17.2 Å². The number of anilines is 1. The first-order valence-electron chi connectivity index (χ1n) is 8.22. The van der Waals surface area contributed by atoms with Crippen molar-refractivity contribution in [2.75, 3.05) is 18.6 Å². The molecule has 1 amide bonds. The number of nitriles is 1. The molecule has 2 aromatic carbocycles. The first-order chi connectivity index (χ1) is 12.6. The van der Waals surface area contributed by atoms with Gasteiger partial charge in [0.15, 0.2) is 0 Å². The van der Waals surface area contributed by atoms with Crippen LogP contribution in [0.15, 0.2) is 48.5 Å². The lowest BCUT2D eigenvalue weighted by atomic mass is 10.1. The summed E-state index contributed by atoms with van der Waals surface area (Å²) in [5.41, 5.74) is 1.76. The molecule has 1 saturated heterocycles. The molecule has 1 fully saturated rings. The molecule has 132 valence electrons. The van der Waals surface area contributed by atoms with E-state index in [-0.39, 0.29) is 25.5 Å². The minimum absolute atomic E-state index is 0.0158. The van der Waals surface area contributed by atoms with Gasteiger partial charge in [0.2, 0.25) is 5.91 Å². The molecule has 6 nitrogen and oxygen atoms in total. The van der Waals surface area contributed by atoms with Crippen LogP contribution in [0.4, 0.5) is 5.69 Å². The number of nitrogens with zero attached hydrogens (tertiary/aromatic N) is 2. The normalized spacial score (nSPS) is 16.2. The molecule has 0 aliphatic carbocycles. The second-order valence-corrected chi connectivity index (χ2v) is 5.95. The van der Waals surface area contributed by atoms with Gasteiger partial charge in [0.1, 0.15) is 12.4 Å². The number of ether oxygens (including phenoxy) is 2. The van der Waals surface area contributed by atoms with Crippen LogP contribution >= 0.6 is 0 Å². The van der Waals surface area contributed by atoms with Gasteiger partial charge in [0.05, 0.1) is 30.3 Å². The lowest BCUT2D eigenvalue weighted by Gasteiger charge is -2.19. The maximum Gasteiger partial charge on any atom is 0.311 e. The summed E-state index contributed by atoms with van der Waals surface area (Å²) < 4.78 is 10.6. The van der Waals surface area contributed by atoms with Gasteiger partial charge in [-0.15, -0.1) is 0 Å². The van der Waals surface area contributed by atoms with E-state index in [0.29, 0.717) is 22.6 Å². The molecule has 26 heavy (non-hydrogen) atoms. The summed E-state index contributed by atoms with van der Waals surface area (Å²) in [6.45, 7) is 0.264. The Bertz CT molecular complexity index is 872. The molecule has 1 heterocycles. The van der Waals surface area contributed by atoms with E-state index < -0.39 is 11.9 Å². The van der Waals surface area contributed by atoms with Crippen molar-refractivity contribution in [1.82, 2.24) is 0 Å². The van der Waals surface area contributed by atoms with Crippen molar-refractivity contribution >= 4 is 17.6 Å². The van der Waals surface area contributed by atoms with Crippen molar-refractivity contribution in [2.24, 2.45) is 5.92 Å². The molecule has 0 saturated carbocycles. The summed E-state index contributed by atoms with van der Waals surface area (Å²) in [4.78, 5) is 26.3. The molecule has 0 N–H and O–H groups in total.